The normalized spacial score (nSPS) is 11.4. The van der Waals surface area contributed by atoms with E-state index in [9.17, 15) is 9.59 Å². The van der Waals surface area contributed by atoms with Gasteiger partial charge in [0.05, 0.1) is 12.6 Å². The molecule has 6 heteroatoms. The summed E-state index contributed by atoms with van der Waals surface area (Å²) in [6.45, 7) is 5.78. The van der Waals surface area contributed by atoms with Crippen molar-refractivity contribution < 1.29 is 14.3 Å². The zero-order valence-corrected chi connectivity index (χ0v) is 12.6. The molecule has 2 aromatic rings. The van der Waals surface area contributed by atoms with Crippen LogP contribution in [0, 0.1) is 0 Å². The number of hydrogen-bond donors (Lipinski definition) is 1. The van der Waals surface area contributed by atoms with E-state index in [0.29, 0.717) is 5.39 Å². The lowest BCUT2D eigenvalue weighted by molar-refractivity contribution is -0.123. The predicted molar refractivity (Wildman–Crippen MR) is 79.0 cm³/mol. The maximum Gasteiger partial charge on any atom is 0.359 e. The number of rotatable bonds is 3. The number of carbonyl (C=O) groups is 2. The van der Waals surface area contributed by atoms with Crippen molar-refractivity contribution in [2.75, 3.05) is 7.11 Å². The molecule has 0 radical (unpaired) electrons. The van der Waals surface area contributed by atoms with E-state index in [0.717, 1.165) is 5.52 Å². The number of carbonyl (C=O) groups excluding carboxylic acids is 2. The van der Waals surface area contributed by atoms with Crippen molar-refractivity contribution >= 4 is 22.8 Å². The van der Waals surface area contributed by atoms with Crippen molar-refractivity contribution in [2.45, 2.75) is 32.9 Å². The second-order valence-electron chi connectivity index (χ2n) is 5.81. The largest absolute Gasteiger partial charge is 0.464 e. The Kier molecular flexibility index (Phi) is 3.97. The van der Waals surface area contributed by atoms with Crippen molar-refractivity contribution in [1.29, 1.82) is 0 Å². The molecule has 0 aliphatic carbocycles. The van der Waals surface area contributed by atoms with E-state index in [1.165, 1.54) is 11.8 Å². The first-order chi connectivity index (χ1) is 9.81. The predicted octanol–water partition coefficient (Wildman–Crippen LogP) is 1.74. The summed E-state index contributed by atoms with van der Waals surface area (Å²) in [5, 5.41) is 7.75. The van der Waals surface area contributed by atoms with Gasteiger partial charge in [0.25, 0.3) is 0 Å². The van der Waals surface area contributed by atoms with Gasteiger partial charge in [-0.2, -0.15) is 5.10 Å². The van der Waals surface area contributed by atoms with E-state index in [1.54, 1.807) is 6.07 Å². The van der Waals surface area contributed by atoms with E-state index in [2.05, 4.69) is 10.4 Å². The van der Waals surface area contributed by atoms with E-state index >= 15 is 0 Å². The standard InChI is InChI=1S/C15H19N3O3/c1-15(2,3)16-12(19)9-18-11-8-6-5-7-10(11)13(17-18)14(20)21-4/h5-8H,9H2,1-4H3,(H,16,19). The van der Waals surface area contributed by atoms with E-state index < -0.39 is 5.97 Å². The Morgan fingerprint density at radius 1 is 1.29 bits per heavy atom. The van der Waals surface area contributed by atoms with Crippen LogP contribution in [0.2, 0.25) is 0 Å². The van der Waals surface area contributed by atoms with Gasteiger partial charge in [-0.15, -0.1) is 0 Å². The number of fused-ring (bicyclic) bond motifs is 1. The minimum atomic E-state index is -0.513. The minimum absolute atomic E-state index is 0.0504. The molecule has 2 rings (SSSR count). The number of nitrogens with zero attached hydrogens (tertiary/aromatic N) is 2. The van der Waals surface area contributed by atoms with Crippen LogP contribution in [-0.4, -0.2) is 34.3 Å². The molecule has 21 heavy (non-hydrogen) atoms. The number of para-hydroxylation sites is 1. The van der Waals surface area contributed by atoms with Gasteiger partial charge in [-0.05, 0) is 26.8 Å². The molecule has 0 atom stereocenters. The molecule has 0 aliphatic rings. The third-order valence-corrected chi connectivity index (χ3v) is 2.84. The quantitative estimate of drug-likeness (QED) is 0.873. The average Bonchev–Trinajstić information content (AvgIpc) is 2.75. The summed E-state index contributed by atoms with van der Waals surface area (Å²) >= 11 is 0. The van der Waals surface area contributed by atoms with Gasteiger partial charge in [0, 0.05) is 10.9 Å². The summed E-state index contributed by atoms with van der Waals surface area (Å²) in [5.41, 5.74) is 0.629. The number of amides is 1. The molecule has 112 valence electrons. The number of methoxy groups -OCH3 is 1. The third kappa shape index (κ3) is 3.39. The van der Waals surface area contributed by atoms with Crippen molar-refractivity contribution in [3.63, 3.8) is 0 Å². The van der Waals surface area contributed by atoms with Crippen LogP contribution in [0.3, 0.4) is 0 Å². The van der Waals surface area contributed by atoms with Crippen LogP contribution >= 0.6 is 0 Å². The van der Waals surface area contributed by atoms with Crippen molar-refractivity contribution in [3.8, 4) is 0 Å². The summed E-state index contributed by atoms with van der Waals surface area (Å²) in [6, 6.07) is 7.26. The fourth-order valence-corrected chi connectivity index (χ4v) is 2.09. The van der Waals surface area contributed by atoms with E-state index in [-0.39, 0.29) is 23.7 Å². The van der Waals surface area contributed by atoms with Gasteiger partial charge in [-0.25, -0.2) is 4.79 Å². The Balaban J connectivity index is 2.36. The maximum atomic E-state index is 12.0. The summed E-state index contributed by atoms with van der Waals surface area (Å²) in [6.07, 6.45) is 0. The van der Waals surface area contributed by atoms with Gasteiger partial charge in [-0.3, -0.25) is 9.48 Å². The van der Waals surface area contributed by atoms with Crippen molar-refractivity contribution in [2.24, 2.45) is 0 Å². The smallest absolute Gasteiger partial charge is 0.359 e. The first-order valence-corrected chi connectivity index (χ1v) is 6.66. The highest BCUT2D eigenvalue weighted by Crippen LogP contribution is 2.19. The molecule has 1 N–H and O–H groups in total. The molecule has 1 heterocycles. The molecule has 0 unspecified atom stereocenters. The number of nitrogens with one attached hydrogen (secondary N) is 1. The fourth-order valence-electron chi connectivity index (χ4n) is 2.09. The molecule has 6 nitrogen and oxygen atoms in total. The molecule has 1 aromatic heterocycles. The SMILES string of the molecule is COC(=O)c1nn(CC(=O)NC(C)(C)C)c2ccccc12. The highest BCUT2D eigenvalue weighted by Gasteiger charge is 2.20. The molecule has 0 saturated heterocycles. The molecule has 1 amide bonds. The van der Waals surface area contributed by atoms with Gasteiger partial charge in [0.2, 0.25) is 5.91 Å². The lowest BCUT2D eigenvalue weighted by Gasteiger charge is -2.20. The molecule has 0 bridgehead atoms. The lowest BCUT2D eigenvalue weighted by atomic mass is 10.1. The highest BCUT2D eigenvalue weighted by atomic mass is 16.5. The average molecular weight is 289 g/mol. The van der Waals surface area contributed by atoms with Crippen LogP contribution in [0.4, 0.5) is 0 Å². The van der Waals surface area contributed by atoms with Crippen LogP contribution < -0.4 is 5.32 Å². The number of esters is 1. The fraction of sp³-hybridized carbons (Fsp3) is 0.400. The summed E-state index contributed by atoms with van der Waals surface area (Å²) in [4.78, 5) is 23.8. The topological polar surface area (TPSA) is 73.2 Å². The summed E-state index contributed by atoms with van der Waals surface area (Å²) in [7, 11) is 1.31. The highest BCUT2D eigenvalue weighted by molar-refractivity contribution is 6.02. The number of ether oxygens (including phenoxy) is 1. The Hall–Kier alpha value is -2.37. The molecule has 1 aromatic carbocycles. The van der Waals surface area contributed by atoms with Crippen LogP contribution in [0.5, 0.6) is 0 Å². The van der Waals surface area contributed by atoms with Gasteiger partial charge in [0.15, 0.2) is 5.69 Å². The molecule has 0 aliphatic heterocycles. The second kappa shape index (κ2) is 5.55. The first-order valence-electron chi connectivity index (χ1n) is 6.66. The minimum Gasteiger partial charge on any atom is -0.464 e. The molecule has 0 spiro atoms. The Bertz CT molecular complexity index is 683. The molecular formula is C15H19N3O3. The number of hydrogen-bond acceptors (Lipinski definition) is 4. The summed E-state index contributed by atoms with van der Waals surface area (Å²) < 4.78 is 6.24. The van der Waals surface area contributed by atoms with Gasteiger partial charge in [0.1, 0.15) is 6.54 Å². The Morgan fingerprint density at radius 2 is 1.95 bits per heavy atom. The Morgan fingerprint density at radius 3 is 2.57 bits per heavy atom. The van der Waals surface area contributed by atoms with Gasteiger partial charge >= 0.3 is 5.97 Å². The Labute approximate surface area is 123 Å². The van der Waals surface area contributed by atoms with Crippen LogP contribution in [0.25, 0.3) is 10.9 Å². The van der Waals surface area contributed by atoms with Crippen molar-refractivity contribution in [3.05, 3.63) is 30.0 Å². The van der Waals surface area contributed by atoms with Crippen LogP contribution in [0.15, 0.2) is 24.3 Å². The third-order valence-electron chi connectivity index (χ3n) is 2.84. The lowest BCUT2D eigenvalue weighted by Crippen LogP contribution is -2.42. The second-order valence-corrected chi connectivity index (χ2v) is 5.81. The molecule has 0 fully saturated rings. The van der Waals surface area contributed by atoms with E-state index in [4.69, 9.17) is 4.74 Å². The number of aromatic nitrogens is 2. The number of benzene rings is 1. The van der Waals surface area contributed by atoms with E-state index in [1.807, 2.05) is 39.0 Å². The molecule has 0 saturated carbocycles. The monoisotopic (exact) mass is 289 g/mol. The maximum absolute atomic E-state index is 12.0. The zero-order valence-electron chi connectivity index (χ0n) is 12.6. The zero-order chi connectivity index (χ0) is 15.6. The van der Waals surface area contributed by atoms with Gasteiger partial charge < -0.3 is 10.1 Å². The van der Waals surface area contributed by atoms with Crippen LogP contribution in [-0.2, 0) is 16.1 Å². The molecular weight excluding hydrogens is 270 g/mol. The van der Waals surface area contributed by atoms with Gasteiger partial charge in [-0.1, -0.05) is 18.2 Å². The first kappa shape index (κ1) is 15.0. The van der Waals surface area contributed by atoms with Crippen molar-refractivity contribution in [1.82, 2.24) is 15.1 Å². The summed E-state index contributed by atoms with van der Waals surface area (Å²) in [5.74, 6) is -0.673. The van der Waals surface area contributed by atoms with Crippen LogP contribution in [0.1, 0.15) is 31.3 Å².